The average Bonchev–Trinajstić information content (AvgIpc) is 2.42. The van der Waals surface area contributed by atoms with Gasteiger partial charge in [-0.25, -0.2) is 4.99 Å². The third-order valence-corrected chi connectivity index (χ3v) is 2.88. The summed E-state index contributed by atoms with van der Waals surface area (Å²) in [6.07, 6.45) is 0.0107. The van der Waals surface area contributed by atoms with Gasteiger partial charge in [-0.3, -0.25) is 4.79 Å². The molecule has 8 heteroatoms. The number of nitrogens with zero attached hydrogens (tertiary/aromatic N) is 2. The summed E-state index contributed by atoms with van der Waals surface area (Å²) >= 11 is 0. The third kappa shape index (κ3) is 11.2. The number of carbonyl (C=O) groups excluding carboxylic acids is 1. The number of alkyl halides is 3. The number of hydrogen-bond acceptors (Lipinski definition) is 2. The van der Waals surface area contributed by atoms with Gasteiger partial charge in [0, 0.05) is 20.1 Å². The van der Waals surface area contributed by atoms with Gasteiger partial charge in [0.15, 0.2) is 5.96 Å². The molecule has 0 bridgehead atoms. The molecule has 5 nitrogen and oxygen atoms in total. The van der Waals surface area contributed by atoms with E-state index in [9.17, 15) is 18.0 Å². The van der Waals surface area contributed by atoms with Crippen LogP contribution < -0.4 is 10.6 Å². The number of hydrogen-bond donors (Lipinski definition) is 2. The van der Waals surface area contributed by atoms with Gasteiger partial charge in [-0.05, 0) is 13.3 Å². The van der Waals surface area contributed by atoms with Gasteiger partial charge >= 0.3 is 6.18 Å². The Morgan fingerprint density at radius 2 is 1.82 bits per heavy atom. The van der Waals surface area contributed by atoms with Crippen LogP contribution in [-0.4, -0.2) is 56.2 Å². The Labute approximate surface area is 130 Å². The first-order valence-electron chi connectivity index (χ1n) is 7.63. The van der Waals surface area contributed by atoms with Crippen LogP contribution in [0.4, 0.5) is 13.2 Å². The summed E-state index contributed by atoms with van der Waals surface area (Å²) in [5.74, 6) is -0.215. The highest BCUT2D eigenvalue weighted by atomic mass is 19.4. The lowest BCUT2D eigenvalue weighted by Crippen LogP contribution is -2.40. The van der Waals surface area contributed by atoms with Crippen molar-refractivity contribution in [2.24, 2.45) is 4.99 Å². The molecule has 0 heterocycles. The second-order valence-electron chi connectivity index (χ2n) is 5.05. The zero-order valence-corrected chi connectivity index (χ0v) is 13.6. The van der Waals surface area contributed by atoms with E-state index in [0.29, 0.717) is 17.4 Å². The van der Waals surface area contributed by atoms with E-state index in [0.717, 1.165) is 39.3 Å². The van der Waals surface area contributed by atoms with Crippen molar-refractivity contribution in [2.75, 3.05) is 33.2 Å². The predicted molar refractivity (Wildman–Crippen MR) is 81.8 cm³/mol. The van der Waals surface area contributed by atoms with Crippen molar-refractivity contribution in [1.82, 2.24) is 15.5 Å². The van der Waals surface area contributed by atoms with Gasteiger partial charge in [0.2, 0.25) is 5.91 Å². The van der Waals surface area contributed by atoms with Crippen LogP contribution in [0, 0.1) is 0 Å². The first kappa shape index (κ1) is 20.5. The van der Waals surface area contributed by atoms with Crippen LogP contribution in [-0.2, 0) is 4.79 Å². The fourth-order valence-corrected chi connectivity index (χ4v) is 1.72. The average molecular weight is 324 g/mol. The van der Waals surface area contributed by atoms with Crippen molar-refractivity contribution in [3.8, 4) is 0 Å². The van der Waals surface area contributed by atoms with Gasteiger partial charge in [-0.1, -0.05) is 26.2 Å². The highest BCUT2D eigenvalue weighted by Gasteiger charge is 2.30. The van der Waals surface area contributed by atoms with E-state index < -0.39 is 18.6 Å². The Kier molecular flexibility index (Phi) is 10.4. The van der Waals surface area contributed by atoms with Gasteiger partial charge in [-0.2, -0.15) is 13.2 Å². The molecular weight excluding hydrogens is 297 g/mol. The summed E-state index contributed by atoms with van der Waals surface area (Å²) in [7, 11) is 1.12. The van der Waals surface area contributed by atoms with E-state index in [1.165, 1.54) is 0 Å². The normalized spacial score (nSPS) is 12.2. The maximum absolute atomic E-state index is 12.2. The van der Waals surface area contributed by atoms with E-state index in [4.69, 9.17) is 0 Å². The minimum absolute atomic E-state index is 0.309. The van der Waals surface area contributed by atoms with E-state index in [2.05, 4.69) is 22.5 Å². The van der Waals surface area contributed by atoms with Gasteiger partial charge in [0.25, 0.3) is 0 Å². The summed E-state index contributed by atoms with van der Waals surface area (Å²) in [6, 6.07) is 0. The first-order chi connectivity index (χ1) is 10.3. The summed E-state index contributed by atoms with van der Waals surface area (Å²) in [5, 5.41) is 6.03. The molecule has 0 aliphatic carbocycles. The maximum Gasteiger partial charge on any atom is 0.406 e. The molecule has 0 aromatic rings. The second-order valence-corrected chi connectivity index (χ2v) is 5.05. The van der Waals surface area contributed by atoms with Crippen molar-refractivity contribution in [3.63, 3.8) is 0 Å². The Hall–Kier alpha value is -1.47. The van der Waals surface area contributed by atoms with Crippen LogP contribution in [0.15, 0.2) is 4.99 Å². The van der Waals surface area contributed by atoms with Crippen LogP contribution in [0.25, 0.3) is 0 Å². The topological polar surface area (TPSA) is 56.7 Å². The number of likely N-dealkylation sites (N-methyl/N-ethyl adjacent to an activating group) is 1. The van der Waals surface area contributed by atoms with Crippen molar-refractivity contribution in [3.05, 3.63) is 0 Å². The molecule has 0 aliphatic heterocycles. The van der Waals surface area contributed by atoms with Crippen LogP contribution in [0.3, 0.4) is 0 Å². The van der Waals surface area contributed by atoms with Gasteiger partial charge in [0.1, 0.15) is 13.1 Å². The summed E-state index contributed by atoms with van der Waals surface area (Å²) in [4.78, 5) is 16.3. The zero-order valence-electron chi connectivity index (χ0n) is 13.6. The minimum Gasteiger partial charge on any atom is -0.357 e. The Bertz CT molecular complexity index is 345. The number of unbranched alkanes of at least 4 members (excludes halogenated alkanes) is 3. The Morgan fingerprint density at radius 1 is 1.14 bits per heavy atom. The fraction of sp³-hybridized carbons (Fsp3) is 0.857. The maximum atomic E-state index is 12.2. The summed E-state index contributed by atoms with van der Waals surface area (Å²) in [5.41, 5.74) is 0. The van der Waals surface area contributed by atoms with Crippen molar-refractivity contribution < 1.29 is 18.0 Å². The van der Waals surface area contributed by atoms with Crippen LogP contribution in [0.2, 0.25) is 0 Å². The van der Waals surface area contributed by atoms with E-state index >= 15 is 0 Å². The third-order valence-electron chi connectivity index (χ3n) is 2.88. The number of carbonyl (C=O) groups is 1. The largest absolute Gasteiger partial charge is 0.406 e. The molecule has 0 saturated heterocycles. The highest BCUT2D eigenvalue weighted by Crippen LogP contribution is 2.15. The SMILES string of the molecule is CCCCCCNC(=NCC(=O)N(C)CC(F)(F)F)NCC. The first-order valence-corrected chi connectivity index (χ1v) is 7.63. The number of rotatable bonds is 9. The molecule has 0 spiro atoms. The molecule has 1 amide bonds. The fourth-order valence-electron chi connectivity index (χ4n) is 1.72. The monoisotopic (exact) mass is 324 g/mol. The number of nitrogens with one attached hydrogen (secondary N) is 2. The minimum atomic E-state index is -4.39. The lowest BCUT2D eigenvalue weighted by Gasteiger charge is -2.18. The quantitative estimate of drug-likeness (QED) is 0.388. The molecule has 0 radical (unpaired) electrons. The molecule has 0 saturated carbocycles. The molecular formula is C14H27F3N4O. The van der Waals surface area contributed by atoms with Gasteiger partial charge < -0.3 is 15.5 Å². The van der Waals surface area contributed by atoms with Crippen molar-refractivity contribution >= 4 is 11.9 Å². The summed E-state index contributed by atoms with van der Waals surface area (Å²) < 4.78 is 36.6. The van der Waals surface area contributed by atoms with Crippen LogP contribution >= 0.6 is 0 Å². The molecule has 0 atom stereocenters. The molecule has 0 rings (SSSR count). The lowest BCUT2D eigenvalue weighted by molar-refractivity contribution is -0.157. The number of amides is 1. The van der Waals surface area contributed by atoms with Gasteiger partial charge in [0.05, 0.1) is 0 Å². The number of aliphatic imine (C=N–C) groups is 1. The molecule has 0 aromatic heterocycles. The molecule has 2 N–H and O–H groups in total. The second kappa shape index (κ2) is 11.1. The molecule has 0 fully saturated rings. The standard InChI is InChI=1S/C14H27F3N4O/c1-4-6-7-8-9-19-13(18-5-2)20-10-12(22)21(3)11-14(15,16)17/h4-11H2,1-3H3,(H2,18,19,20). The molecule has 0 unspecified atom stereocenters. The highest BCUT2D eigenvalue weighted by molar-refractivity contribution is 5.84. The molecule has 130 valence electrons. The van der Waals surface area contributed by atoms with Crippen LogP contribution in [0.5, 0.6) is 0 Å². The molecule has 0 aliphatic rings. The molecule has 22 heavy (non-hydrogen) atoms. The number of guanidine groups is 1. The Morgan fingerprint density at radius 3 is 2.36 bits per heavy atom. The van der Waals surface area contributed by atoms with E-state index in [1.54, 1.807) is 0 Å². The Balaban J connectivity index is 4.26. The summed E-state index contributed by atoms with van der Waals surface area (Å²) in [6.45, 7) is 3.78. The smallest absolute Gasteiger partial charge is 0.357 e. The lowest BCUT2D eigenvalue weighted by atomic mass is 10.2. The predicted octanol–water partition coefficient (Wildman–Crippen LogP) is 2.14. The van der Waals surface area contributed by atoms with Crippen molar-refractivity contribution in [1.29, 1.82) is 0 Å². The number of halogens is 3. The zero-order chi connectivity index (χ0) is 17.0. The molecule has 0 aromatic carbocycles. The van der Waals surface area contributed by atoms with E-state index in [-0.39, 0.29) is 6.54 Å². The van der Waals surface area contributed by atoms with Crippen LogP contribution in [0.1, 0.15) is 39.5 Å². The van der Waals surface area contributed by atoms with Gasteiger partial charge in [-0.15, -0.1) is 0 Å². The van der Waals surface area contributed by atoms with Crippen molar-refractivity contribution in [2.45, 2.75) is 45.7 Å². The van der Waals surface area contributed by atoms with E-state index in [1.807, 2.05) is 6.92 Å².